The summed E-state index contributed by atoms with van der Waals surface area (Å²) in [6.07, 6.45) is 0. The van der Waals surface area contributed by atoms with Crippen molar-refractivity contribution >= 4 is 27.5 Å². The molecule has 0 aliphatic heterocycles. The van der Waals surface area contributed by atoms with Crippen molar-refractivity contribution in [3.8, 4) is 5.75 Å². The Morgan fingerprint density at radius 2 is 1.91 bits per heavy atom. The van der Waals surface area contributed by atoms with E-state index in [-0.39, 0.29) is 12.5 Å². The van der Waals surface area contributed by atoms with Crippen molar-refractivity contribution < 1.29 is 18.3 Å². The zero-order valence-corrected chi connectivity index (χ0v) is 13.4. The van der Waals surface area contributed by atoms with Crippen LogP contribution in [0, 0.1) is 11.6 Å². The van der Waals surface area contributed by atoms with Gasteiger partial charge < -0.3 is 9.64 Å². The highest BCUT2D eigenvalue weighted by Crippen LogP contribution is 2.24. The zero-order valence-electron chi connectivity index (χ0n) is 11.9. The Balaban J connectivity index is 2.09. The van der Waals surface area contributed by atoms with Crippen molar-refractivity contribution in [3.63, 3.8) is 0 Å². The van der Waals surface area contributed by atoms with Gasteiger partial charge >= 0.3 is 0 Å². The van der Waals surface area contributed by atoms with Crippen LogP contribution in [0.3, 0.4) is 0 Å². The van der Waals surface area contributed by atoms with Crippen LogP contribution in [0.4, 0.5) is 14.5 Å². The largest absolute Gasteiger partial charge is 0.483 e. The van der Waals surface area contributed by atoms with Crippen molar-refractivity contribution in [1.82, 2.24) is 0 Å². The maximum Gasteiger partial charge on any atom is 0.264 e. The highest BCUT2D eigenvalue weighted by molar-refractivity contribution is 9.10. The van der Waals surface area contributed by atoms with E-state index in [4.69, 9.17) is 4.74 Å². The van der Waals surface area contributed by atoms with Gasteiger partial charge in [-0.05, 0) is 47.1 Å². The van der Waals surface area contributed by atoms with Gasteiger partial charge in [0.15, 0.2) is 18.2 Å². The molecule has 3 nitrogen and oxygen atoms in total. The molecule has 0 heterocycles. The summed E-state index contributed by atoms with van der Waals surface area (Å²) in [5.74, 6) is -1.74. The van der Waals surface area contributed by atoms with Gasteiger partial charge in [0.25, 0.3) is 5.91 Å². The maximum absolute atomic E-state index is 13.3. The Hall–Kier alpha value is -1.95. The van der Waals surface area contributed by atoms with Crippen LogP contribution in [-0.4, -0.2) is 19.1 Å². The van der Waals surface area contributed by atoms with Crippen molar-refractivity contribution in [3.05, 3.63) is 58.6 Å². The van der Waals surface area contributed by atoms with Crippen LogP contribution in [0.2, 0.25) is 0 Å². The van der Waals surface area contributed by atoms with E-state index in [0.717, 1.165) is 16.6 Å². The molecule has 0 N–H and O–H groups in total. The molecule has 0 aliphatic rings. The van der Waals surface area contributed by atoms with Gasteiger partial charge in [0.1, 0.15) is 5.75 Å². The van der Waals surface area contributed by atoms with Crippen molar-refractivity contribution in [2.45, 2.75) is 6.92 Å². The van der Waals surface area contributed by atoms with Gasteiger partial charge in [-0.25, -0.2) is 8.78 Å². The highest BCUT2D eigenvalue weighted by Gasteiger charge is 2.16. The van der Waals surface area contributed by atoms with E-state index < -0.39 is 11.6 Å². The Morgan fingerprint density at radius 3 is 2.55 bits per heavy atom. The first-order valence-electron chi connectivity index (χ1n) is 6.65. The first kappa shape index (κ1) is 16.4. The average molecular weight is 370 g/mol. The minimum absolute atomic E-state index is 0.199. The molecule has 0 spiro atoms. The van der Waals surface area contributed by atoms with E-state index in [2.05, 4.69) is 15.9 Å². The molecule has 1 amide bonds. The van der Waals surface area contributed by atoms with E-state index >= 15 is 0 Å². The molecule has 2 aromatic carbocycles. The number of nitrogens with zero attached hydrogens (tertiary/aromatic N) is 1. The molecular formula is C16H14BrF2NO2. The fourth-order valence-electron chi connectivity index (χ4n) is 1.94. The lowest BCUT2D eigenvalue weighted by atomic mass is 10.2. The van der Waals surface area contributed by atoms with Gasteiger partial charge in [0.2, 0.25) is 0 Å². The van der Waals surface area contributed by atoms with Gasteiger partial charge in [0.05, 0.1) is 4.47 Å². The summed E-state index contributed by atoms with van der Waals surface area (Å²) in [4.78, 5) is 13.6. The summed E-state index contributed by atoms with van der Waals surface area (Å²) >= 11 is 3.32. The van der Waals surface area contributed by atoms with Crippen LogP contribution < -0.4 is 9.64 Å². The fraction of sp³-hybridized carbons (Fsp3) is 0.188. The van der Waals surface area contributed by atoms with Gasteiger partial charge in [-0.15, -0.1) is 0 Å². The number of para-hydroxylation sites is 1. The summed E-state index contributed by atoms with van der Waals surface area (Å²) in [5, 5.41) is 0. The normalized spacial score (nSPS) is 10.4. The molecule has 2 rings (SSSR count). The van der Waals surface area contributed by atoms with E-state index in [1.54, 1.807) is 25.1 Å². The van der Waals surface area contributed by atoms with E-state index in [0.29, 0.717) is 18.0 Å². The number of likely N-dealkylation sites (N-methyl/N-ethyl adjacent to an activating group) is 1. The molecule has 0 aromatic heterocycles. The summed E-state index contributed by atoms with van der Waals surface area (Å²) < 4.78 is 32.5. The fourth-order valence-corrected chi connectivity index (χ4v) is 2.33. The third-order valence-electron chi connectivity index (χ3n) is 3.02. The molecule has 0 fully saturated rings. The number of rotatable bonds is 5. The van der Waals surface area contributed by atoms with Crippen LogP contribution in [0.25, 0.3) is 0 Å². The van der Waals surface area contributed by atoms with Crippen LogP contribution in [0.5, 0.6) is 5.75 Å². The molecule has 0 bridgehead atoms. The van der Waals surface area contributed by atoms with Gasteiger partial charge in [-0.3, -0.25) is 4.79 Å². The second-order valence-corrected chi connectivity index (χ2v) is 5.31. The molecule has 0 aliphatic carbocycles. The van der Waals surface area contributed by atoms with E-state index in [1.165, 1.54) is 11.0 Å². The number of hydrogen-bond acceptors (Lipinski definition) is 2. The molecule has 22 heavy (non-hydrogen) atoms. The van der Waals surface area contributed by atoms with Crippen molar-refractivity contribution in [2.24, 2.45) is 0 Å². The minimum Gasteiger partial charge on any atom is -0.483 e. The standard InChI is InChI=1S/C16H14BrF2NO2/c1-2-20(11-7-8-13(18)14(19)9-11)16(21)10-22-15-6-4-3-5-12(15)17/h3-9H,2,10H2,1H3. The summed E-state index contributed by atoms with van der Waals surface area (Å²) in [5.41, 5.74) is 0.294. The number of amides is 1. The molecule has 0 radical (unpaired) electrons. The number of anilines is 1. The van der Waals surface area contributed by atoms with Crippen molar-refractivity contribution in [2.75, 3.05) is 18.1 Å². The van der Waals surface area contributed by atoms with Crippen LogP contribution in [0.1, 0.15) is 6.92 Å². The average Bonchev–Trinajstić information content (AvgIpc) is 2.50. The Labute approximate surface area is 135 Å². The monoisotopic (exact) mass is 369 g/mol. The maximum atomic E-state index is 13.3. The predicted molar refractivity (Wildman–Crippen MR) is 84.0 cm³/mol. The summed E-state index contributed by atoms with van der Waals surface area (Å²) in [7, 11) is 0. The SMILES string of the molecule is CCN(C(=O)COc1ccccc1Br)c1ccc(F)c(F)c1. The summed E-state index contributed by atoms with van der Waals surface area (Å²) in [6.45, 7) is 1.87. The summed E-state index contributed by atoms with van der Waals surface area (Å²) in [6, 6.07) is 10.5. The zero-order chi connectivity index (χ0) is 16.1. The first-order chi connectivity index (χ1) is 10.5. The lowest BCUT2D eigenvalue weighted by molar-refractivity contribution is -0.120. The number of carbonyl (C=O) groups is 1. The number of benzene rings is 2. The topological polar surface area (TPSA) is 29.5 Å². The van der Waals surface area contributed by atoms with Gasteiger partial charge in [-0.1, -0.05) is 12.1 Å². The Bertz CT molecular complexity index is 679. The number of hydrogen-bond donors (Lipinski definition) is 0. The highest BCUT2D eigenvalue weighted by atomic mass is 79.9. The third-order valence-corrected chi connectivity index (χ3v) is 3.68. The lowest BCUT2D eigenvalue weighted by Gasteiger charge is -2.21. The van der Waals surface area contributed by atoms with Crippen LogP contribution >= 0.6 is 15.9 Å². The molecule has 6 heteroatoms. The second kappa shape index (κ2) is 7.35. The smallest absolute Gasteiger partial charge is 0.264 e. The lowest BCUT2D eigenvalue weighted by Crippen LogP contribution is -2.34. The van der Waals surface area contributed by atoms with E-state index in [9.17, 15) is 13.6 Å². The second-order valence-electron chi connectivity index (χ2n) is 4.46. The molecule has 2 aromatic rings. The molecule has 0 saturated carbocycles. The molecule has 0 saturated heterocycles. The Kier molecular flexibility index (Phi) is 5.49. The van der Waals surface area contributed by atoms with Crippen molar-refractivity contribution in [1.29, 1.82) is 0 Å². The first-order valence-corrected chi connectivity index (χ1v) is 7.45. The molecule has 0 atom stereocenters. The quantitative estimate of drug-likeness (QED) is 0.791. The number of halogens is 3. The third kappa shape index (κ3) is 3.82. The minimum atomic E-state index is -0.990. The molecular weight excluding hydrogens is 356 g/mol. The number of carbonyl (C=O) groups excluding carboxylic acids is 1. The van der Waals surface area contributed by atoms with Gasteiger partial charge in [-0.2, -0.15) is 0 Å². The predicted octanol–water partition coefficient (Wildman–Crippen LogP) is 4.16. The number of ether oxygens (including phenoxy) is 1. The molecule has 116 valence electrons. The Morgan fingerprint density at radius 1 is 1.18 bits per heavy atom. The van der Waals surface area contributed by atoms with Crippen LogP contribution in [-0.2, 0) is 4.79 Å². The molecule has 0 unspecified atom stereocenters. The van der Waals surface area contributed by atoms with E-state index in [1.807, 2.05) is 6.07 Å². The van der Waals surface area contributed by atoms with Crippen LogP contribution in [0.15, 0.2) is 46.9 Å². The van der Waals surface area contributed by atoms with Gasteiger partial charge in [0, 0.05) is 18.3 Å².